The van der Waals surface area contributed by atoms with E-state index >= 15 is 0 Å². The summed E-state index contributed by atoms with van der Waals surface area (Å²) in [6.07, 6.45) is 6.65. The van der Waals surface area contributed by atoms with Gasteiger partial charge in [0.1, 0.15) is 0 Å². The molecule has 1 atom stereocenters. The zero-order valence-corrected chi connectivity index (χ0v) is 13.8. The van der Waals surface area contributed by atoms with Crippen LogP contribution in [0.2, 0.25) is 0 Å². The van der Waals surface area contributed by atoms with Crippen LogP contribution in [0, 0.1) is 17.3 Å². The standard InChI is InChI=1S/C17H35NO/c1-6-12-19-13-16(18-7-2)14-8-10-15(11-9-14)17(3,4)5/h14-16,18H,6-13H2,1-5H3. The van der Waals surface area contributed by atoms with Crippen molar-refractivity contribution in [1.29, 1.82) is 0 Å². The molecule has 2 nitrogen and oxygen atoms in total. The maximum atomic E-state index is 5.78. The van der Waals surface area contributed by atoms with Crippen LogP contribution in [-0.4, -0.2) is 25.8 Å². The molecule has 0 spiro atoms. The summed E-state index contributed by atoms with van der Waals surface area (Å²) >= 11 is 0. The summed E-state index contributed by atoms with van der Waals surface area (Å²) in [5.41, 5.74) is 0.483. The molecule has 0 bridgehead atoms. The Bertz CT molecular complexity index is 226. The highest BCUT2D eigenvalue weighted by atomic mass is 16.5. The number of rotatable bonds is 7. The topological polar surface area (TPSA) is 21.3 Å². The average molecular weight is 269 g/mol. The molecule has 1 aliphatic rings. The quantitative estimate of drug-likeness (QED) is 0.698. The minimum atomic E-state index is 0.483. The molecule has 0 aromatic heterocycles. The Labute approximate surface area is 120 Å². The highest BCUT2D eigenvalue weighted by molar-refractivity contribution is 4.85. The van der Waals surface area contributed by atoms with Crippen LogP contribution in [0.1, 0.15) is 66.7 Å². The third-order valence-corrected chi connectivity index (χ3v) is 4.68. The lowest BCUT2D eigenvalue weighted by molar-refractivity contribution is 0.0686. The molecule has 114 valence electrons. The van der Waals surface area contributed by atoms with E-state index in [1.54, 1.807) is 0 Å². The van der Waals surface area contributed by atoms with Gasteiger partial charge in [-0.2, -0.15) is 0 Å². The lowest BCUT2D eigenvalue weighted by atomic mass is 9.68. The van der Waals surface area contributed by atoms with Crippen molar-refractivity contribution in [3.8, 4) is 0 Å². The van der Waals surface area contributed by atoms with Crippen LogP contribution in [0.4, 0.5) is 0 Å². The van der Waals surface area contributed by atoms with Gasteiger partial charge in [-0.1, -0.05) is 34.6 Å². The van der Waals surface area contributed by atoms with E-state index < -0.39 is 0 Å². The van der Waals surface area contributed by atoms with E-state index in [2.05, 4.69) is 39.9 Å². The molecular weight excluding hydrogens is 234 g/mol. The first kappa shape index (κ1) is 17.0. The van der Waals surface area contributed by atoms with Crippen LogP contribution >= 0.6 is 0 Å². The van der Waals surface area contributed by atoms with E-state index in [4.69, 9.17) is 4.74 Å². The van der Waals surface area contributed by atoms with Crippen molar-refractivity contribution in [2.45, 2.75) is 72.8 Å². The first-order chi connectivity index (χ1) is 8.99. The molecule has 19 heavy (non-hydrogen) atoms. The predicted molar refractivity (Wildman–Crippen MR) is 83.5 cm³/mol. The Hall–Kier alpha value is -0.0800. The molecule has 0 saturated heterocycles. The van der Waals surface area contributed by atoms with E-state index in [1.807, 2.05) is 0 Å². The number of likely N-dealkylation sites (N-methyl/N-ethyl adjacent to an activating group) is 1. The van der Waals surface area contributed by atoms with Gasteiger partial charge in [-0.05, 0) is 55.9 Å². The van der Waals surface area contributed by atoms with Crippen LogP contribution in [0.5, 0.6) is 0 Å². The summed E-state index contributed by atoms with van der Waals surface area (Å²) in [6, 6.07) is 0.567. The fraction of sp³-hybridized carbons (Fsp3) is 1.00. The summed E-state index contributed by atoms with van der Waals surface area (Å²) in [6.45, 7) is 14.4. The molecule has 1 aliphatic carbocycles. The number of hydrogen-bond donors (Lipinski definition) is 1. The lowest BCUT2D eigenvalue weighted by Crippen LogP contribution is -2.42. The highest BCUT2D eigenvalue weighted by Gasteiger charge is 2.32. The smallest absolute Gasteiger partial charge is 0.0622 e. The van der Waals surface area contributed by atoms with E-state index in [9.17, 15) is 0 Å². The molecule has 1 N–H and O–H groups in total. The van der Waals surface area contributed by atoms with Crippen molar-refractivity contribution in [2.24, 2.45) is 17.3 Å². The first-order valence-electron chi connectivity index (χ1n) is 8.30. The summed E-state index contributed by atoms with van der Waals surface area (Å²) in [4.78, 5) is 0. The van der Waals surface area contributed by atoms with E-state index in [-0.39, 0.29) is 0 Å². The van der Waals surface area contributed by atoms with Crippen LogP contribution in [-0.2, 0) is 4.74 Å². The second-order valence-electron chi connectivity index (χ2n) is 7.22. The van der Waals surface area contributed by atoms with Gasteiger partial charge in [0.15, 0.2) is 0 Å². The summed E-state index contributed by atoms with van der Waals surface area (Å²) in [7, 11) is 0. The zero-order chi connectivity index (χ0) is 14.3. The minimum absolute atomic E-state index is 0.483. The molecule has 1 unspecified atom stereocenters. The molecule has 1 rings (SSSR count). The molecule has 2 heteroatoms. The van der Waals surface area contributed by atoms with Gasteiger partial charge in [0, 0.05) is 12.6 Å². The summed E-state index contributed by atoms with van der Waals surface area (Å²) < 4.78 is 5.78. The van der Waals surface area contributed by atoms with Crippen molar-refractivity contribution in [3.05, 3.63) is 0 Å². The second-order valence-corrected chi connectivity index (χ2v) is 7.22. The van der Waals surface area contributed by atoms with E-state index in [0.717, 1.165) is 38.0 Å². The molecular formula is C17H35NO. The third kappa shape index (κ3) is 5.83. The van der Waals surface area contributed by atoms with Gasteiger partial charge < -0.3 is 10.1 Å². The lowest BCUT2D eigenvalue weighted by Gasteiger charge is -2.39. The maximum Gasteiger partial charge on any atom is 0.0622 e. The van der Waals surface area contributed by atoms with Gasteiger partial charge in [-0.15, -0.1) is 0 Å². The largest absolute Gasteiger partial charge is 0.380 e. The van der Waals surface area contributed by atoms with Crippen LogP contribution < -0.4 is 5.32 Å². The van der Waals surface area contributed by atoms with E-state index in [0.29, 0.717) is 11.5 Å². The van der Waals surface area contributed by atoms with Crippen LogP contribution in [0.25, 0.3) is 0 Å². The van der Waals surface area contributed by atoms with Gasteiger partial charge in [0.25, 0.3) is 0 Å². The van der Waals surface area contributed by atoms with Crippen molar-refractivity contribution < 1.29 is 4.74 Å². The van der Waals surface area contributed by atoms with Gasteiger partial charge in [-0.25, -0.2) is 0 Å². The Morgan fingerprint density at radius 2 is 1.74 bits per heavy atom. The fourth-order valence-corrected chi connectivity index (χ4v) is 3.37. The van der Waals surface area contributed by atoms with Crippen molar-refractivity contribution >= 4 is 0 Å². The van der Waals surface area contributed by atoms with Crippen LogP contribution in [0.15, 0.2) is 0 Å². The van der Waals surface area contributed by atoms with Gasteiger partial charge in [0.2, 0.25) is 0 Å². The first-order valence-corrected chi connectivity index (χ1v) is 8.30. The average Bonchev–Trinajstić information content (AvgIpc) is 2.37. The van der Waals surface area contributed by atoms with Gasteiger partial charge in [-0.3, -0.25) is 0 Å². The fourth-order valence-electron chi connectivity index (χ4n) is 3.37. The Balaban J connectivity index is 2.40. The van der Waals surface area contributed by atoms with Crippen molar-refractivity contribution in [1.82, 2.24) is 5.32 Å². The van der Waals surface area contributed by atoms with E-state index in [1.165, 1.54) is 25.7 Å². The Morgan fingerprint density at radius 1 is 1.11 bits per heavy atom. The molecule has 0 aromatic rings. The molecule has 1 fully saturated rings. The molecule has 0 radical (unpaired) electrons. The minimum Gasteiger partial charge on any atom is -0.380 e. The highest BCUT2D eigenvalue weighted by Crippen LogP contribution is 2.40. The molecule has 0 amide bonds. The Kier molecular flexibility index (Phi) is 7.38. The summed E-state index contributed by atoms with van der Waals surface area (Å²) in [5.74, 6) is 1.72. The predicted octanol–water partition coefficient (Wildman–Crippen LogP) is 4.24. The van der Waals surface area contributed by atoms with Gasteiger partial charge in [0.05, 0.1) is 6.61 Å². The van der Waals surface area contributed by atoms with Crippen molar-refractivity contribution in [2.75, 3.05) is 19.8 Å². The molecule has 0 aliphatic heterocycles. The van der Waals surface area contributed by atoms with Crippen LogP contribution in [0.3, 0.4) is 0 Å². The normalized spacial score (nSPS) is 26.4. The zero-order valence-electron chi connectivity index (χ0n) is 13.8. The molecule has 0 heterocycles. The number of hydrogen-bond acceptors (Lipinski definition) is 2. The van der Waals surface area contributed by atoms with Gasteiger partial charge >= 0.3 is 0 Å². The molecule has 1 saturated carbocycles. The second kappa shape index (κ2) is 8.26. The SMILES string of the molecule is CCCOCC(NCC)C1CCC(C(C)(C)C)CC1. The maximum absolute atomic E-state index is 5.78. The number of ether oxygens (including phenoxy) is 1. The number of nitrogens with one attached hydrogen (secondary N) is 1. The third-order valence-electron chi connectivity index (χ3n) is 4.68. The molecule has 0 aromatic carbocycles. The Morgan fingerprint density at radius 3 is 2.21 bits per heavy atom. The van der Waals surface area contributed by atoms with Crippen molar-refractivity contribution in [3.63, 3.8) is 0 Å². The summed E-state index contributed by atoms with van der Waals surface area (Å²) in [5, 5.41) is 3.64. The monoisotopic (exact) mass is 269 g/mol.